The number of nitrogens with one attached hydrogen (secondary N) is 1. The predicted molar refractivity (Wildman–Crippen MR) is 78.1 cm³/mol. The molecule has 1 aromatic rings. The normalized spacial score (nSPS) is 20.6. The van der Waals surface area contributed by atoms with Crippen LogP contribution in [0, 0.1) is 5.41 Å². The summed E-state index contributed by atoms with van der Waals surface area (Å²) in [5.41, 5.74) is 5.45. The molecule has 0 aliphatic heterocycles. The van der Waals surface area contributed by atoms with Crippen LogP contribution in [0.4, 0.5) is 0 Å². The Morgan fingerprint density at radius 3 is 2.45 bits per heavy atom. The molecular formula is C14H22N2O3S. The first-order chi connectivity index (χ1) is 9.35. The summed E-state index contributed by atoms with van der Waals surface area (Å²) in [6.45, 7) is 5.22. The molecule has 0 spiro atoms. The van der Waals surface area contributed by atoms with E-state index in [1.165, 1.54) is 0 Å². The van der Waals surface area contributed by atoms with Crippen molar-refractivity contribution in [3.05, 3.63) is 24.3 Å². The number of rotatable bonds is 7. The van der Waals surface area contributed by atoms with Crippen molar-refractivity contribution in [2.75, 3.05) is 13.2 Å². The monoisotopic (exact) mass is 298 g/mol. The lowest BCUT2D eigenvalue weighted by molar-refractivity contribution is 0.313. The van der Waals surface area contributed by atoms with E-state index < -0.39 is 10.0 Å². The van der Waals surface area contributed by atoms with E-state index in [9.17, 15) is 8.42 Å². The Bertz CT molecular complexity index is 552. The zero-order valence-electron chi connectivity index (χ0n) is 11.9. The summed E-state index contributed by atoms with van der Waals surface area (Å²) in [5.74, 6) is 0.657. The Balaban J connectivity index is 1.98. The van der Waals surface area contributed by atoms with Crippen molar-refractivity contribution >= 4 is 10.0 Å². The van der Waals surface area contributed by atoms with Crippen LogP contribution in [0.1, 0.15) is 26.7 Å². The molecule has 1 aliphatic rings. The van der Waals surface area contributed by atoms with Gasteiger partial charge in [0.25, 0.3) is 0 Å². The van der Waals surface area contributed by atoms with Crippen LogP contribution >= 0.6 is 0 Å². The first-order valence-corrected chi connectivity index (χ1v) is 8.29. The van der Waals surface area contributed by atoms with Crippen LogP contribution in [0.5, 0.6) is 5.75 Å². The Morgan fingerprint density at radius 2 is 1.95 bits per heavy atom. The van der Waals surface area contributed by atoms with E-state index in [-0.39, 0.29) is 16.4 Å². The Morgan fingerprint density at radius 1 is 1.35 bits per heavy atom. The van der Waals surface area contributed by atoms with Gasteiger partial charge in [0.15, 0.2) is 0 Å². The molecule has 0 amide bonds. The molecule has 1 aliphatic carbocycles. The molecule has 0 heterocycles. The van der Waals surface area contributed by atoms with Crippen molar-refractivity contribution in [3.63, 3.8) is 0 Å². The number of nitrogens with two attached hydrogens (primary N) is 1. The van der Waals surface area contributed by atoms with E-state index in [4.69, 9.17) is 10.5 Å². The number of hydrogen-bond donors (Lipinski definition) is 2. The van der Waals surface area contributed by atoms with Gasteiger partial charge in [0.05, 0.1) is 11.5 Å². The molecule has 1 saturated carbocycles. The molecule has 3 N–H and O–H groups in total. The lowest BCUT2D eigenvalue weighted by Gasteiger charge is -2.09. The Kier molecular flexibility index (Phi) is 4.36. The quantitative estimate of drug-likeness (QED) is 0.747. The summed E-state index contributed by atoms with van der Waals surface area (Å²) in [7, 11) is -3.44. The van der Waals surface area contributed by atoms with E-state index in [1.807, 2.05) is 0 Å². The summed E-state index contributed by atoms with van der Waals surface area (Å²) in [6, 6.07) is 6.50. The minimum absolute atomic E-state index is 0.0352. The zero-order valence-corrected chi connectivity index (χ0v) is 12.7. The fourth-order valence-electron chi connectivity index (χ4n) is 1.91. The summed E-state index contributed by atoms with van der Waals surface area (Å²) in [4.78, 5) is 0.270. The van der Waals surface area contributed by atoms with Gasteiger partial charge in [-0.25, -0.2) is 13.1 Å². The molecule has 1 fully saturated rings. The van der Waals surface area contributed by atoms with E-state index in [1.54, 1.807) is 24.3 Å². The number of benzene rings is 1. The lowest BCUT2D eigenvalue weighted by Crippen LogP contribution is -2.28. The highest BCUT2D eigenvalue weighted by molar-refractivity contribution is 7.89. The average molecular weight is 298 g/mol. The second-order valence-electron chi connectivity index (χ2n) is 5.83. The Hall–Kier alpha value is -1.11. The number of ether oxygens (including phenoxy) is 1. The van der Waals surface area contributed by atoms with Crippen molar-refractivity contribution in [1.29, 1.82) is 0 Å². The number of sulfonamides is 1. The highest BCUT2D eigenvalue weighted by Crippen LogP contribution is 2.45. The third-order valence-corrected chi connectivity index (χ3v) is 5.05. The van der Waals surface area contributed by atoms with Gasteiger partial charge >= 0.3 is 0 Å². The number of hydrogen-bond acceptors (Lipinski definition) is 4. The van der Waals surface area contributed by atoms with Crippen LogP contribution in [0.3, 0.4) is 0 Å². The van der Waals surface area contributed by atoms with E-state index in [0.29, 0.717) is 18.9 Å². The fraction of sp³-hybridized carbons (Fsp3) is 0.571. The first kappa shape index (κ1) is 15.3. The summed E-state index contributed by atoms with van der Waals surface area (Å²) in [5, 5.41) is 0. The topological polar surface area (TPSA) is 81.4 Å². The van der Waals surface area contributed by atoms with Crippen molar-refractivity contribution < 1.29 is 13.2 Å². The van der Waals surface area contributed by atoms with Crippen LogP contribution in [0.25, 0.3) is 0 Å². The fourth-order valence-corrected chi connectivity index (χ4v) is 3.32. The van der Waals surface area contributed by atoms with Gasteiger partial charge in [-0.3, -0.25) is 0 Å². The maximum Gasteiger partial charge on any atom is 0.240 e. The second-order valence-corrected chi connectivity index (χ2v) is 7.54. The lowest BCUT2D eigenvalue weighted by atomic mass is 10.2. The maximum atomic E-state index is 12.2. The molecule has 2 rings (SSSR count). The highest BCUT2D eigenvalue weighted by atomic mass is 32.2. The molecule has 0 saturated heterocycles. The Labute approximate surface area is 120 Å². The predicted octanol–water partition coefficient (Wildman–Crippen LogP) is 1.49. The first-order valence-electron chi connectivity index (χ1n) is 6.80. The average Bonchev–Trinajstić information content (AvgIpc) is 2.96. The van der Waals surface area contributed by atoms with Crippen molar-refractivity contribution in [2.24, 2.45) is 11.1 Å². The highest BCUT2D eigenvalue weighted by Gasteiger charge is 2.47. The maximum absolute atomic E-state index is 12.2. The van der Waals surface area contributed by atoms with E-state index >= 15 is 0 Å². The molecular weight excluding hydrogens is 276 g/mol. The molecule has 0 bridgehead atoms. The van der Waals surface area contributed by atoms with Gasteiger partial charge in [-0.05, 0) is 49.1 Å². The molecule has 0 radical (unpaired) electrons. The molecule has 1 atom stereocenters. The SMILES string of the molecule is CC1(C)CC1NS(=O)(=O)c1ccc(OCCCN)cc1. The van der Waals surface area contributed by atoms with Crippen LogP contribution < -0.4 is 15.2 Å². The molecule has 1 unspecified atom stereocenters. The second kappa shape index (κ2) is 5.71. The summed E-state index contributed by atoms with van der Waals surface area (Å²) in [6.07, 6.45) is 1.66. The van der Waals surface area contributed by atoms with Crippen molar-refractivity contribution in [1.82, 2.24) is 4.72 Å². The minimum atomic E-state index is -3.44. The van der Waals surface area contributed by atoms with Gasteiger partial charge in [-0.1, -0.05) is 13.8 Å². The van der Waals surface area contributed by atoms with Crippen LogP contribution in [0.15, 0.2) is 29.2 Å². The van der Waals surface area contributed by atoms with Crippen LogP contribution in [0.2, 0.25) is 0 Å². The minimum Gasteiger partial charge on any atom is -0.494 e. The molecule has 6 heteroatoms. The molecule has 1 aromatic carbocycles. The molecule has 0 aromatic heterocycles. The van der Waals surface area contributed by atoms with Crippen molar-refractivity contribution in [2.45, 2.75) is 37.6 Å². The zero-order chi connectivity index (χ0) is 14.8. The van der Waals surface area contributed by atoms with Gasteiger partial charge in [-0.15, -0.1) is 0 Å². The van der Waals surface area contributed by atoms with Gasteiger partial charge in [0.1, 0.15) is 5.75 Å². The van der Waals surface area contributed by atoms with Crippen molar-refractivity contribution in [3.8, 4) is 5.75 Å². The molecule has 20 heavy (non-hydrogen) atoms. The largest absolute Gasteiger partial charge is 0.494 e. The third kappa shape index (κ3) is 3.71. The molecule has 5 nitrogen and oxygen atoms in total. The van der Waals surface area contributed by atoms with Crippen LogP contribution in [-0.4, -0.2) is 27.6 Å². The van der Waals surface area contributed by atoms with E-state index in [2.05, 4.69) is 18.6 Å². The van der Waals surface area contributed by atoms with Gasteiger partial charge < -0.3 is 10.5 Å². The van der Waals surface area contributed by atoms with Crippen LogP contribution in [-0.2, 0) is 10.0 Å². The third-order valence-electron chi connectivity index (χ3n) is 3.56. The summed E-state index contributed by atoms with van der Waals surface area (Å²) < 4.78 is 32.5. The summed E-state index contributed by atoms with van der Waals surface area (Å²) >= 11 is 0. The smallest absolute Gasteiger partial charge is 0.240 e. The molecule has 112 valence electrons. The van der Waals surface area contributed by atoms with Gasteiger partial charge in [0, 0.05) is 6.04 Å². The van der Waals surface area contributed by atoms with Gasteiger partial charge in [-0.2, -0.15) is 0 Å². The van der Waals surface area contributed by atoms with Gasteiger partial charge in [0.2, 0.25) is 10.0 Å². The standard InChI is InChI=1S/C14H22N2O3S/c1-14(2)10-13(14)16-20(17,18)12-6-4-11(5-7-12)19-9-3-8-15/h4-7,13,16H,3,8-10,15H2,1-2H3. The van der Waals surface area contributed by atoms with E-state index in [0.717, 1.165) is 12.8 Å².